The van der Waals surface area contributed by atoms with Crippen LogP contribution < -0.4 is 4.74 Å². The van der Waals surface area contributed by atoms with E-state index in [1.54, 1.807) is 25.1 Å². The molecule has 0 fully saturated rings. The Morgan fingerprint density at radius 2 is 2.06 bits per heavy atom. The number of halogens is 2. The highest BCUT2D eigenvalue weighted by atomic mass is 35.5. The van der Waals surface area contributed by atoms with Crippen molar-refractivity contribution in [1.82, 2.24) is 0 Å². The summed E-state index contributed by atoms with van der Waals surface area (Å²) in [5, 5.41) is 0.929. The lowest BCUT2D eigenvalue weighted by Gasteiger charge is -2.17. The Hall–Kier alpha value is -0.930. The van der Waals surface area contributed by atoms with Crippen molar-refractivity contribution in [1.29, 1.82) is 0 Å². The summed E-state index contributed by atoms with van der Waals surface area (Å²) < 4.78 is 10.5. The second-order valence-electron chi connectivity index (χ2n) is 3.72. The topological polar surface area (TPSA) is 35.5 Å². The van der Waals surface area contributed by atoms with E-state index in [-0.39, 0.29) is 5.97 Å². The van der Waals surface area contributed by atoms with Crippen LogP contribution in [0.1, 0.15) is 26.7 Å². The SMILES string of the molecule is CCCC(Oc1cc(Cl)ccc1Cl)C(=O)OCC. The molecule has 0 aromatic heterocycles. The van der Waals surface area contributed by atoms with Crippen molar-refractivity contribution in [2.75, 3.05) is 6.61 Å². The molecule has 18 heavy (non-hydrogen) atoms. The fraction of sp³-hybridized carbons (Fsp3) is 0.462. The van der Waals surface area contributed by atoms with Crippen LogP contribution in [0.4, 0.5) is 0 Å². The van der Waals surface area contributed by atoms with Gasteiger partial charge in [-0.2, -0.15) is 0 Å². The van der Waals surface area contributed by atoms with Gasteiger partial charge in [-0.25, -0.2) is 4.79 Å². The molecule has 0 saturated heterocycles. The van der Waals surface area contributed by atoms with Gasteiger partial charge in [-0.15, -0.1) is 0 Å². The van der Waals surface area contributed by atoms with Crippen molar-refractivity contribution in [2.24, 2.45) is 0 Å². The van der Waals surface area contributed by atoms with Gasteiger partial charge in [0.15, 0.2) is 6.10 Å². The normalized spacial score (nSPS) is 12.0. The number of benzene rings is 1. The summed E-state index contributed by atoms with van der Waals surface area (Å²) in [5.41, 5.74) is 0. The predicted molar refractivity (Wildman–Crippen MR) is 72.4 cm³/mol. The summed E-state index contributed by atoms with van der Waals surface area (Å²) in [5.74, 6) is 0.0195. The van der Waals surface area contributed by atoms with Gasteiger partial charge in [0.05, 0.1) is 11.6 Å². The minimum absolute atomic E-state index is 0.325. The molecule has 0 heterocycles. The molecule has 0 saturated carbocycles. The van der Waals surface area contributed by atoms with E-state index in [4.69, 9.17) is 32.7 Å². The van der Waals surface area contributed by atoms with Crippen LogP contribution >= 0.6 is 23.2 Å². The Morgan fingerprint density at radius 1 is 1.33 bits per heavy atom. The number of hydrogen-bond donors (Lipinski definition) is 0. The maximum atomic E-state index is 11.7. The highest BCUT2D eigenvalue weighted by molar-refractivity contribution is 6.34. The Bertz CT molecular complexity index is 407. The molecular formula is C13H16Cl2O3. The van der Waals surface area contributed by atoms with Gasteiger partial charge in [0.1, 0.15) is 5.75 Å². The first-order valence-corrected chi connectivity index (χ1v) is 6.62. The molecule has 0 aliphatic carbocycles. The second-order valence-corrected chi connectivity index (χ2v) is 4.57. The molecule has 1 unspecified atom stereocenters. The molecule has 0 aliphatic rings. The molecule has 1 aromatic carbocycles. The Kier molecular flexibility index (Phi) is 6.30. The molecule has 100 valence electrons. The minimum atomic E-state index is -0.647. The van der Waals surface area contributed by atoms with Crippen LogP contribution in [0.15, 0.2) is 18.2 Å². The number of ether oxygens (including phenoxy) is 2. The molecule has 0 N–H and O–H groups in total. The fourth-order valence-electron chi connectivity index (χ4n) is 1.44. The number of carbonyl (C=O) groups excluding carboxylic acids is 1. The minimum Gasteiger partial charge on any atom is -0.477 e. The highest BCUT2D eigenvalue weighted by Gasteiger charge is 2.21. The van der Waals surface area contributed by atoms with Gasteiger partial charge in [0.2, 0.25) is 0 Å². The van der Waals surface area contributed by atoms with E-state index < -0.39 is 6.10 Å². The quantitative estimate of drug-likeness (QED) is 0.740. The van der Waals surface area contributed by atoms with E-state index in [1.807, 2.05) is 6.92 Å². The largest absolute Gasteiger partial charge is 0.477 e. The maximum Gasteiger partial charge on any atom is 0.347 e. The van der Waals surface area contributed by atoms with Gasteiger partial charge >= 0.3 is 5.97 Å². The van der Waals surface area contributed by atoms with Crippen molar-refractivity contribution < 1.29 is 14.3 Å². The van der Waals surface area contributed by atoms with E-state index in [2.05, 4.69) is 0 Å². The molecule has 0 spiro atoms. The van der Waals surface area contributed by atoms with Crippen LogP contribution in [0.3, 0.4) is 0 Å². The van der Waals surface area contributed by atoms with Crippen LogP contribution in [0.25, 0.3) is 0 Å². The van der Waals surface area contributed by atoms with Gasteiger partial charge in [-0.3, -0.25) is 0 Å². The summed E-state index contributed by atoms with van der Waals surface area (Å²) in [6.07, 6.45) is 0.731. The molecule has 0 bridgehead atoms. The molecule has 0 amide bonds. The summed E-state index contributed by atoms with van der Waals surface area (Å²) in [6.45, 7) is 4.05. The molecule has 5 heteroatoms. The molecule has 0 radical (unpaired) electrons. The van der Waals surface area contributed by atoms with Crippen LogP contribution in [0, 0.1) is 0 Å². The summed E-state index contributed by atoms with van der Waals surface area (Å²) in [7, 11) is 0. The van der Waals surface area contributed by atoms with Crippen LogP contribution in [0.2, 0.25) is 10.0 Å². The number of carbonyl (C=O) groups is 1. The van der Waals surface area contributed by atoms with Gasteiger partial charge in [-0.05, 0) is 25.5 Å². The van der Waals surface area contributed by atoms with Crippen LogP contribution in [-0.4, -0.2) is 18.7 Å². The van der Waals surface area contributed by atoms with Crippen molar-refractivity contribution in [2.45, 2.75) is 32.8 Å². The first-order valence-electron chi connectivity index (χ1n) is 5.86. The molecule has 1 atom stereocenters. The standard InChI is InChI=1S/C13H16Cl2O3/c1-3-5-11(13(16)17-4-2)18-12-8-9(14)6-7-10(12)15/h6-8,11H,3-5H2,1-2H3. The predicted octanol–water partition coefficient (Wildman–Crippen LogP) is 4.10. The number of esters is 1. The zero-order valence-electron chi connectivity index (χ0n) is 10.4. The van der Waals surface area contributed by atoms with E-state index in [1.165, 1.54) is 0 Å². The molecule has 0 aliphatic heterocycles. The third kappa shape index (κ3) is 4.39. The van der Waals surface area contributed by atoms with Gasteiger partial charge in [0, 0.05) is 11.1 Å². The summed E-state index contributed by atoms with van der Waals surface area (Å²) in [4.78, 5) is 11.7. The highest BCUT2D eigenvalue weighted by Crippen LogP contribution is 2.29. The molecule has 1 aromatic rings. The lowest BCUT2D eigenvalue weighted by atomic mass is 10.2. The third-order valence-corrected chi connectivity index (χ3v) is 2.81. The van der Waals surface area contributed by atoms with E-state index in [9.17, 15) is 4.79 Å². The zero-order valence-corrected chi connectivity index (χ0v) is 11.9. The number of rotatable bonds is 6. The lowest BCUT2D eigenvalue weighted by molar-refractivity contribution is -0.151. The van der Waals surface area contributed by atoms with Crippen molar-refractivity contribution in [3.05, 3.63) is 28.2 Å². The van der Waals surface area contributed by atoms with Crippen molar-refractivity contribution in [3.8, 4) is 5.75 Å². The van der Waals surface area contributed by atoms with Crippen molar-refractivity contribution in [3.63, 3.8) is 0 Å². The van der Waals surface area contributed by atoms with E-state index in [0.717, 1.165) is 6.42 Å². The fourth-order valence-corrected chi connectivity index (χ4v) is 1.77. The van der Waals surface area contributed by atoms with E-state index >= 15 is 0 Å². The maximum absolute atomic E-state index is 11.7. The Morgan fingerprint density at radius 3 is 2.67 bits per heavy atom. The van der Waals surface area contributed by atoms with Crippen LogP contribution in [-0.2, 0) is 9.53 Å². The van der Waals surface area contributed by atoms with Gasteiger partial charge in [-0.1, -0.05) is 36.5 Å². The summed E-state index contributed by atoms with van der Waals surface area (Å²) in [6, 6.07) is 4.88. The Labute approximate surface area is 117 Å². The lowest BCUT2D eigenvalue weighted by Crippen LogP contribution is -2.29. The first kappa shape index (κ1) is 15.1. The second kappa shape index (κ2) is 7.49. The zero-order chi connectivity index (χ0) is 13.5. The smallest absolute Gasteiger partial charge is 0.347 e. The third-order valence-electron chi connectivity index (χ3n) is 2.26. The average Bonchev–Trinajstić information content (AvgIpc) is 2.33. The average molecular weight is 291 g/mol. The molecular weight excluding hydrogens is 275 g/mol. The number of hydrogen-bond acceptors (Lipinski definition) is 3. The van der Waals surface area contributed by atoms with Gasteiger partial charge in [0.25, 0.3) is 0 Å². The summed E-state index contributed by atoms with van der Waals surface area (Å²) >= 11 is 11.8. The van der Waals surface area contributed by atoms with Crippen molar-refractivity contribution >= 4 is 29.2 Å². The van der Waals surface area contributed by atoms with Crippen LogP contribution in [0.5, 0.6) is 5.75 Å². The first-order chi connectivity index (χ1) is 8.58. The molecule has 1 rings (SSSR count). The van der Waals surface area contributed by atoms with Gasteiger partial charge < -0.3 is 9.47 Å². The molecule has 3 nitrogen and oxygen atoms in total. The Balaban J connectivity index is 2.82. The monoisotopic (exact) mass is 290 g/mol. The van der Waals surface area contributed by atoms with E-state index in [0.29, 0.717) is 28.8 Å².